The molecule has 0 saturated carbocycles. The van der Waals surface area contributed by atoms with E-state index in [1.165, 1.54) is 77.9 Å². The van der Waals surface area contributed by atoms with Crippen molar-refractivity contribution in [3.8, 4) is 44.5 Å². The second-order valence-electron chi connectivity index (χ2n) is 17.8. The lowest BCUT2D eigenvalue weighted by Crippen LogP contribution is -2.17. The molecule has 0 amide bonds. The van der Waals surface area contributed by atoms with Crippen molar-refractivity contribution in [2.75, 3.05) is 0 Å². The molecular formula is C50H48O. The first-order valence-corrected chi connectivity index (χ1v) is 18.8. The lowest BCUT2D eigenvalue weighted by Gasteiger charge is -2.25. The molecule has 0 fully saturated rings. The normalized spacial score (nSPS) is 15.3. The highest BCUT2D eigenvalue weighted by Gasteiger charge is 2.37. The van der Waals surface area contributed by atoms with Gasteiger partial charge in [-0.2, -0.15) is 0 Å². The Bertz CT molecular complexity index is 2560. The lowest BCUT2D eigenvalue weighted by molar-refractivity contribution is 0.584. The molecule has 0 bridgehead atoms. The quantitative estimate of drug-likeness (QED) is 0.182. The number of hydrogen-bond donors (Lipinski definition) is 0. The van der Waals surface area contributed by atoms with E-state index in [-0.39, 0.29) is 16.2 Å². The van der Waals surface area contributed by atoms with E-state index in [1.54, 1.807) is 0 Å². The summed E-state index contributed by atoms with van der Waals surface area (Å²) in [6, 6.07) is 41.8. The number of hydrogen-bond acceptors (Lipinski definition) is 1. The van der Waals surface area contributed by atoms with E-state index in [4.69, 9.17) is 4.42 Å². The molecule has 1 heteroatoms. The molecule has 1 aromatic heterocycles. The molecule has 1 heterocycles. The molecule has 0 radical (unpaired) electrons. The molecule has 0 unspecified atom stereocenters. The molecule has 9 rings (SSSR count). The van der Waals surface area contributed by atoms with Crippen LogP contribution in [0.4, 0.5) is 0 Å². The molecule has 0 saturated heterocycles. The maximum Gasteiger partial charge on any atom is 0.135 e. The number of benzene rings is 6. The van der Waals surface area contributed by atoms with Crippen LogP contribution in [0.25, 0.3) is 66.4 Å². The van der Waals surface area contributed by atoms with Gasteiger partial charge in [-0.3, -0.25) is 0 Å². The SMILES string of the molecule is CC(C)Cc1ccc2c(c1)C(C)(C)c1cc(-c3ccc4oc5ccc(-c6ccc7c(c6)C(C)(C)c6cc(C(C)(C)C)ccc6-7)cc5c4c3)ccc1-2. The Morgan fingerprint density at radius 2 is 0.902 bits per heavy atom. The zero-order valence-corrected chi connectivity index (χ0v) is 31.6. The third-order valence-corrected chi connectivity index (χ3v) is 12.1. The van der Waals surface area contributed by atoms with Crippen molar-refractivity contribution in [2.45, 2.75) is 85.0 Å². The van der Waals surface area contributed by atoms with Crippen LogP contribution in [0, 0.1) is 5.92 Å². The van der Waals surface area contributed by atoms with E-state index in [2.05, 4.69) is 172 Å². The largest absolute Gasteiger partial charge is 0.456 e. The zero-order valence-electron chi connectivity index (χ0n) is 31.6. The first kappa shape index (κ1) is 32.1. The Kier molecular flexibility index (Phi) is 6.80. The van der Waals surface area contributed by atoms with Gasteiger partial charge in [-0.25, -0.2) is 0 Å². The average Bonchev–Trinajstić information content (AvgIpc) is 3.65. The predicted octanol–water partition coefficient (Wildman–Crippen LogP) is 14.0. The minimum Gasteiger partial charge on any atom is -0.456 e. The predicted molar refractivity (Wildman–Crippen MR) is 217 cm³/mol. The first-order valence-electron chi connectivity index (χ1n) is 18.8. The van der Waals surface area contributed by atoms with E-state index in [1.807, 2.05) is 0 Å². The fraction of sp³-hybridized carbons (Fsp3) is 0.280. The van der Waals surface area contributed by atoms with Gasteiger partial charge in [-0.05, 0) is 132 Å². The topological polar surface area (TPSA) is 13.1 Å². The van der Waals surface area contributed by atoms with Crippen molar-refractivity contribution in [3.05, 3.63) is 143 Å². The highest BCUT2D eigenvalue weighted by molar-refractivity contribution is 6.08. The fourth-order valence-corrected chi connectivity index (χ4v) is 9.08. The Balaban J connectivity index is 1.09. The Hall–Kier alpha value is -4.88. The summed E-state index contributed by atoms with van der Waals surface area (Å²) in [7, 11) is 0. The van der Waals surface area contributed by atoms with Crippen LogP contribution in [0.2, 0.25) is 0 Å². The van der Waals surface area contributed by atoms with Gasteiger partial charge in [0, 0.05) is 21.6 Å². The van der Waals surface area contributed by atoms with Crippen molar-refractivity contribution in [3.63, 3.8) is 0 Å². The van der Waals surface area contributed by atoms with Crippen LogP contribution in [-0.4, -0.2) is 0 Å². The van der Waals surface area contributed by atoms with Gasteiger partial charge in [-0.15, -0.1) is 0 Å². The summed E-state index contributed by atoms with van der Waals surface area (Å²) in [4.78, 5) is 0. The first-order chi connectivity index (χ1) is 24.2. The maximum atomic E-state index is 6.41. The monoisotopic (exact) mass is 664 g/mol. The van der Waals surface area contributed by atoms with Crippen molar-refractivity contribution in [1.82, 2.24) is 0 Å². The van der Waals surface area contributed by atoms with Crippen LogP contribution in [0.1, 0.15) is 95.7 Å². The summed E-state index contributed by atoms with van der Waals surface area (Å²) >= 11 is 0. The van der Waals surface area contributed by atoms with E-state index in [9.17, 15) is 0 Å². The summed E-state index contributed by atoms with van der Waals surface area (Å²) < 4.78 is 6.41. The van der Waals surface area contributed by atoms with Crippen LogP contribution < -0.4 is 0 Å². The second kappa shape index (κ2) is 10.8. The van der Waals surface area contributed by atoms with Crippen LogP contribution in [-0.2, 0) is 22.7 Å². The minimum atomic E-state index is -0.0640. The number of rotatable bonds is 4. The van der Waals surface area contributed by atoms with Crippen LogP contribution in [0.3, 0.4) is 0 Å². The van der Waals surface area contributed by atoms with Gasteiger partial charge in [0.1, 0.15) is 11.2 Å². The highest BCUT2D eigenvalue weighted by Crippen LogP contribution is 2.52. The van der Waals surface area contributed by atoms with Gasteiger partial charge in [0.15, 0.2) is 0 Å². The molecule has 0 atom stereocenters. The zero-order chi connectivity index (χ0) is 35.6. The van der Waals surface area contributed by atoms with E-state index < -0.39 is 0 Å². The number of furan rings is 1. The molecule has 2 aliphatic rings. The summed E-state index contributed by atoms with van der Waals surface area (Å²) in [5.74, 6) is 0.645. The third-order valence-electron chi connectivity index (χ3n) is 12.1. The molecule has 1 nitrogen and oxygen atoms in total. The van der Waals surface area contributed by atoms with Gasteiger partial charge in [0.05, 0.1) is 0 Å². The molecule has 254 valence electrons. The molecule has 51 heavy (non-hydrogen) atoms. The van der Waals surface area contributed by atoms with Crippen LogP contribution >= 0.6 is 0 Å². The van der Waals surface area contributed by atoms with E-state index in [0.29, 0.717) is 5.92 Å². The van der Waals surface area contributed by atoms with Gasteiger partial charge in [0.25, 0.3) is 0 Å². The average molecular weight is 665 g/mol. The van der Waals surface area contributed by atoms with E-state index in [0.717, 1.165) is 28.4 Å². The van der Waals surface area contributed by atoms with Gasteiger partial charge < -0.3 is 4.42 Å². The van der Waals surface area contributed by atoms with Crippen molar-refractivity contribution in [1.29, 1.82) is 0 Å². The minimum absolute atomic E-state index is 0.0460. The lowest BCUT2D eigenvalue weighted by atomic mass is 9.78. The standard InChI is InChI=1S/C50H48O/c1-29(2)22-30-10-16-36-37-17-11-33(26-43(37)49(6,7)42(36)23-30)31-13-20-46-40(24-31)41-25-32(14-21-47(41)51-46)34-12-18-38-39-19-15-35(48(3,4)5)28-45(39)50(8,9)44(38)27-34/h10-21,23-29H,22H2,1-9H3. The maximum absolute atomic E-state index is 6.41. The van der Waals surface area contributed by atoms with Crippen LogP contribution in [0.5, 0.6) is 0 Å². The van der Waals surface area contributed by atoms with Crippen molar-refractivity contribution < 1.29 is 4.42 Å². The third kappa shape index (κ3) is 4.88. The summed E-state index contributed by atoms with van der Waals surface area (Å²) in [6.07, 6.45) is 1.11. The Labute approximate surface area is 303 Å². The van der Waals surface area contributed by atoms with Gasteiger partial charge >= 0.3 is 0 Å². The molecule has 0 N–H and O–H groups in total. The number of fused-ring (bicyclic) bond motifs is 9. The molecule has 0 spiro atoms. The fourth-order valence-electron chi connectivity index (χ4n) is 9.08. The molecule has 0 aliphatic heterocycles. The Morgan fingerprint density at radius 3 is 1.39 bits per heavy atom. The second-order valence-corrected chi connectivity index (χ2v) is 17.8. The van der Waals surface area contributed by atoms with Gasteiger partial charge in [-0.1, -0.05) is 135 Å². The summed E-state index contributed by atoms with van der Waals surface area (Å²) in [6.45, 7) is 21.0. The molecule has 7 aromatic rings. The smallest absolute Gasteiger partial charge is 0.135 e. The van der Waals surface area contributed by atoms with E-state index >= 15 is 0 Å². The Morgan fingerprint density at radius 1 is 0.490 bits per heavy atom. The summed E-state index contributed by atoms with van der Waals surface area (Å²) in [5, 5.41) is 2.32. The van der Waals surface area contributed by atoms with Gasteiger partial charge in [0.2, 0.25) is 0 Å². The molecule has 6 aromatic carbocycles. The summed E-state index contributed by atoms with van der Waals surface area (Å²) in [5.41, 5.74) is 20.8. The van der Waals surface area contributed by atoms with Crippen molar-refractivity contribution in [2.24, 2.45) is 5.92 Å². The van der Waals surface area contributed by atoms with Crippen molar-refractivity contribution >= 4 is 21.9 Å². The van der Waals surface area contributed by atoms with Crippen LogP contribution in [0.15, 0.2) is 114 Å². The molecule has 2 aliphatic carbocycles. The highest BCUT2D eigenvalue weighted by atomic mass is 16.3. The molecular weight excluding hydrogens is 617 g/mol.